The molecule has 0 spiro atoms. The van der Waals surface area contributed by atoms with Gasteiger partial charge in [-0.1, -0.05) is 0 Å². The van der Waals surface area contributed by atoms with Crippen molar-refractivity contribution < 1.29 is 8.42 Å². The predicted molar refractivity (Wildman–Crippen MR) is 121 cm³/mol. The van der Waals surface area contributed by atoms with Gasteiger partial charge in [0.15, 0.2) is 15.7 Å². The number of hydrogen-bond donors (Lipinski definition) is 4. The highest BCUT2D eigenvalue weighted by Crippen LogP contribution is 2.27. The van der Waals surface area contributed by atoms with Gasteiger partial charge in [0.1, 0.15) is 5.82 Å². The van der Waals surface area contributed by atoms with Gasteiger partial charge in [0.2, 0.25) is 5.95 Å². The number of hydrogen-bond acceptors (Lipinski definition) is 8. The molecule has 3 heterocycles. The van der Waals surface area contributed by atoms with Crippen molar-refractivity contribution in [3.05, 3.63) is 47.3 Å². The van der Waals surface area contributed by atoms with E-state index in [1.807, 2.05) is 26.8 Å². The van der Waals surface area contributed by atoms with Gasteiger partial charge in [-0.05, 0) is 76.5 Å². The SMILES string of the molecule is Cc1cc(Nc2nccc(Nc3n[nH]c(C)c3C)n2)cc(S(=O)(=O)C2CCNCC2)c1. The van der Waals surface area contributed by atoms with Crippen LogP contribution in [-0.4, -0.2) is 46.9 Å². The fraction of sp³-hybridized carbons (Fsp3) is 0.381. The van der Waals surface area contributed by atoms with Gasteiger partial charge in [-0.2, -0.15) is 10.1 Å². The number of sulfone groups is 1. The number of rotatable bonds is 6. The first-order valence-corrected chi connectivity index (χ1v) is 11.8. The van der Waals surface area contributed by atoms with Gasteiger partial charge in [0, 0.05) is 23.1 Å². The molecule has 1 aliphatic rings. The van der Waals surface area contributed by atoms with Gasteiger partial charge in [0.25, 0.3) is 0 Å². The van der Waals surface area contributed by atoms with Crippen LogP contribution in [0.2, 0.25) is 0 Å². The molecular weight excluding hydrogens is 414 g/mol. The molecule has 0 amide bonds. The lowest BCUT2D eigenvalue weighted by atomic mass is 10.2. The average molecular weight is 442 g/mol. The second kappa shape index (κ2) is 8.64. The van der Waals surface area contributed by atoms with Crippen molar-refractivity contribution in [1.29, 1.82) is 0 Å². The Morgan fingerprint density at radius 1 is 1.06 bits per heavy atom. The first kappa shape index (κ1) is 21.3. The summed E-state index contributed by atoms with van der Waals surface area (Å²) in [6, 6.07) is 7.02. The van der Waals surface area contributed by atoms with Crippen LogP contribution >= 0.6 is 0 Å². The molecule has 10 heteroatoms. The maximum absolute atomic E-state index is 13.1. The van der Waals surface area contributed by atoms with Crippen molar-refractivity contribution in [3.63, 3.8) is 0 Å². The third kappa shape index (κ3) is 4.70. The minimum atomic E-state index is -3.40. The quantitative estimate of drug-likeness (QED) is 0.460. The standard InChI is InChI=1S/C21H27N7O2S/c1-13-10-16(12-18(11-13)31(29,30)17-4-7-22-8-5-17)24-21-23-9-6-19(26-21)25-20-14(2)15(3)27-28-20/h6,9-12,17,22H,4-5,7-8H2,1-3H3,(H3,23,24,25,26,27,28). The molecule has 1 saturated heterocycles. The van der Waals surface area contributed by atoms with Crippen LogP contribution in [0.5, 0.6) is 0 Å². The number of H-pyrrole nitrogens is 1. The molecule has 9 nitrogen and oxygen atoms in total. The molecule has 31 heavy (non-hydrogen) atoms. The van der Waals surface area contributed by atoms with Crippen molar-refractivity contribution >= 4 is 33.1 Å². The minimum Gasteiger partial charge on any atom is -0.324 e. The summed E-state index contributed by atoms with van der Waals surface area (Å²) in [7, 11) is -3.40. The van der Waals surface area contributed by atoms with Crippen LogP contribution in [0.3, 0.4) is 0 Å². The average Bonchev–Trinajstić information content (AvgIpc) is 3.06. The van der Waals surface area contributed by atoms with E-state index in [1.165, 1.54) is 0 Å². The molecule has 0 radical (unpaired) electrons. The van der Waals surface area contributed by atoms with Gasteiger partial charge in [0.05, 0.1) is 10.1 Å². The van der Waals surface area contributed by atoms with Gasteiger partial charge < -0.3 is 16.0 Å². The van der Waals surface area contributed by atoms with Gasteiger partial charge in [-0.15, -0.1) is 0 Å². The zero-order valence-corrected chi connectivity index (χ0v) is 18.7. The van der Waals surface area contributed by atoms with Crippen molar-refractivity contribution in [2.45, 2.75) is 43.8 Å². The summed E-state index contributed by atoms with van der Waals surface area (Å²) in [5.41, 5.74) is 3.49. The Hall–Kier alpha value is -2.98. The number of aromatic nitrogens is 4. The number of aromatic amines is 1. The maximum atomic E-state index is 13.1. The van der Waals surface area contributed by atoms with Crippen LogP contribution in [0.1, 0.15) is 29.7 Å². The first-order chi connectivity index (χ1) is 14.8. The Kier molecular flexibility index (Phi) is 5.92. The Morgan fingerprint density at radius 2 is 1.84 bits per heavy atom. The second-order valence-corrected chi connectivity index (χ2v) is 10.1. The molecular formula is C21H27N7O2S. The highest BCUT2D eigenvalue weighted by Gasteiger charge is 2.29. The van der Waals surface area contributed by atoms with Crippen LogP contribution in [0.25, 0.3) is 0 Å². The summed E-state index contributed by atoms with van der Waals surface area (Å²) in [4.78, 5) is 9.08. The van der Waals surface area contributed by atoms with Crippen molar-refractivity contribution in [1.82, 2.24) is 25.5 Å². The summed E-state index contributed by atoms with van der Waals surface area (Å²) in [5.74, 6) is 1.65. The maximum Gasteiger partial charge on any atom is 0.229 e. The third-order valence-electron chi connectivity index (χ3n) is 5.52. The molecule has 0 unspecified atom stereocenters. The lowest BCUT2D eigenvalue weighted by molar-refractivity contribution is 0.496. The van der Waals surface area contributed by atoms with Crippen LogP contribution < -0.4 is 16.0 Å². The van der Waals surface area contributed by atoms with Gasteiger partial charge in [-0.3, -0.25) is 5.10 Å². The van der Waals surface area contributed by atoms with E-state index in [9.17, 15) is 8.42 Å². The zero-order chi connectivity index (χ0) is 22.0. The van der Waals surface area contributed by atoms with Crippen LogP contribution in [0.15, 0.2) is 35.4 Å². The molecule has 3 aromatic rings. The van der Waals surface area contributed by atoms with E-state index in [1.54, 1.807) is 24.4 Å². The van der Waals surface area contributed by atoms with Crippen molar-refractivity contribution in [3.8, 4) is 0 Å². The molecule has 0 bridgehead atoms. The number of anilines is 4. The Balaban J connectivity index is 1.56. The molecule has 1 aliphatic heterocycles. The van der Waals surface area contributed by atoms with E-state index in [0.717, 1.165) is 29.9 Å². The van der Waals surface area contributed by atoms with E-state index in [-0.39, 0.29) is 5.25 Å². The number of aryl methyl sites for hydroxylation is 2. The topological polar surface area (TPSA) is 125 Å². The van der Waals surface area contributed by atoms with E-state index >= 15 is 0 Å². The summed E-state index contributed by atoms with van der Waals surface area (Å²) in [5, 5.41) is 16.3. The summed E-state index contributed by atoms with van der Waals surface area (Å²) in [6.45, 7) is 7.26. The summed E-state index contributed by atoms with van der Waals surface area (Å²) in [6.07, 6.45) is 2.89. The molecule has 1 fully saturated rings. The predicted octanol–water partition coefficient (Wildman–Crippen LogP) is 3.14. The Bertz CT molecular complexity index is 1180. The lowest BCUT2D eigenvalue weighted by Crippen LogP contribution is -2.35. The van der Waals surface area contributed by atoms with Crippen molar-refractivity contribution in [2.24, 2.45) is 0 Å². The number of piperidine rings is 1. The molecule has 164 valence electrons. The minimum absolute atomic E-state index is 0.332. The van der Waals surface area contributed by atoms with Crippen LogP contribution in [0.4, 0.5) is 23.3 Å². The fourth-order valence-electron chi connectivity index (χ4n) is 3.63. The third-order valence-corrected chi connectivity index (χ3v) is 7.76. The van der Waals surface area contributed by atoms with E-state index in [2.05, 4.69) is 36.1 Å². The molecule has 1 aromatic carbocycles. The largest absolute Gasteiger partial charge is 0.324 e. The summed E-state index contributed by atoms with van der Waals surface area (Å²) >= 11 is 0. The van der Waals surface area contributed by atoms with E-state index in [0.29, 0.717) is 41.0 Å². The number of nitrogens with one attached hydrogen (secondary N) is 4. The fourth-order valence-corrected chi connectivity index (χ4v) is 5.51. The van der Waals surface area contributed by atoms with Crippen LogP contribution in [-0.2, 0) is 9.84 Å². The smallest absolute Gasteiger partial charge is 0.229 e. The summed E-state index contributed by atoms with van der Waals surface area (Å²) < 4.78 is 26.3. The Morgan fingerprint density at radius 3 is 2.55 bits per heavy atom. The highest BCUT2D eigenvalue weighted by atomic mass is 32.2. The normalized spacial score (nSPS) is 15.1. The Labute approximate surface area is 182 Å². The molecule has 0 atom stereocenters. The molecule has 4 rings (SSSR count). The molecule has 2 aromatic heterocycles. The number of benzene rings is 1. The van der Waals surface area contributed by atoms with Crippen LogP contribution in [0, 0.1) is 20.8 Å². The monoisotopic (exact) mass is 441 g/mol. The number of nitrogens with zero attached hydrogens (tertiary/aromatic N) is 3. The highest BCUT2D eigenvalue weighted by molar-refractivity contribution is 7.92. The zero-order valence-electron chi connectivity index (χ0n) is 17.9. The van der Waals surface area contributed by atoms with Crippen molar-refractivity contribution in [2.75, 3.05) is 23.7 Å². The first-order valence-electron chi connectivity index (χ1n) is 10.3. The van der Waals surface area contributed by atoms with Gasteiger partial charge >= 0.3 is 0 Å². The lowest BCUT2D eigenvalue weighted by Gasteiger charge is -2.23. The van der Waals surface area contributed by atoms with Gasteiger partial charge in [-0.25, -0.2) is 13.4 Å². The second-order valence-electron chi connectivity index (χ2n) is 7.87. The molecule has 0 aliphatic carbocycles. The molecule has 4 N–H and O–H groups in total. The molecule has 0 saturated carbocycles. The van der Waals surface area contributed by atoms with E-state index in [4.69, 9.17) is 0 Å². The van der Waals surface area contributed by atoms with E-state index < -0.39 is 9.84 Å².